The Bertz CT molecular complexity index is 1640. The minimum Gasteiger partial charge on any atom is -0.480 e. The van der Waals surface area contributed by atoms with Gasteiger partial charge in [-0.05, 0) is 143 Å². The second-order valence-electron chi connectivity index (χ2n) is 19.9. The first-order chi connectivity index (χ1) is 39.0. The number of carbonyl (C=O) groups is 8. The number of likely N-dealkylation sites (N-methyl/N-ethyl adjacent to an activating group) is 2. The van der Waals surface area contributed by atoms with E-state index in [1.807, 2.05) is 0 Å². The minimum atomic E-state index is -1.16. The van der Waals surface area contributed by atoms with Gasteiger partial charge in [-0.2, -0.15) is 0 Å². The molecule has 4 unspecified atom stereocenters. The van der Waals surface area contributed by atoms with Crippen LogP contribution in [0.25, 0.3) is 0 Å². The number of hydrogen-bond donors (Lipinski definition) is 18. The molecule has 0 aromatic rings. The Morgan fingerprint density at radius 3 is 1.33 bits per heavy atom. The van der Waals surface area contributed by atoms with Gasteiger partial charge in [-0.25, -0.2) is 4.79 Å². The summed E-state index contributed by atoms with van der Waals surface area (Å²) in [6, 6.07) is -2.73. The Balaban J connectivity index is -0.000000501. The third-order valence-electron chi connectivity index (χ3n) is 11.8. The van der Waals surface area contributed by atoms with E-state index in [1.54, 1.807) is 61.3 Å². The van der Waals surface area contributed by atoms with Crippen LogP contribution < -0.4 is 88.0 Å². The third-order valence-corrected chi connectivity index (χ3v) is 11.8. The molecule has 0 aromatic heterocycles. The molecule has 0 fully saturated rings. The van der Waals surface area contributed by atoms with Gasteiger partial charge in [0.15, 0.2) is 0 Å². The molecule has 0 spiro atoms. The van der Waals surface area contributed by atoms with Crippen molar-refractivity contribution in [3.05, 3.63) is 0 Å². The monoisotopic (exact) mass is 1180 g/mol. The molecule has 0 saturated heterocycles. The summed E-state index contributed by atoms with van der Waals surface area (Å²) in [4.78, 5) is 99.6. The van der Waals surface area contributed by atoms with Gasteiger partial charge >= 0.3 is 5.97 Å². The quantitative estimate of drug-likeness (QED) is 0.0252. The first-order valence-corrected chi connectivity index (χ1v) is 28.8. The van der Waals surface area contributed by atoms with Gasteiger partial charge in [0, 0.05) is 102 Å². The fourth-order valence-corrected chi connectivity index (χ4v) is 6.70. The van der Waals surface area contributed by atoms with Crippen LogP contribution in [0, 0.1) is 0 Å². The first kappa shape index (κ1) is 83.7. The molecule has 0 rings (SSSR count). The number of carboxylic acid groups (broad SMARTS) is 1. The average Bonchev–Trinajstić information content (AvgIpc) is 3.46. The van der Waals surface area contributed by atoms with Gasteiger partial charge in [0.1, 0.15) is 6.04 Å². The number of aliphatic carboxylic acids is 1. The lowest BCUT2D eigenvalue weighted by molar-refractivity contribution is -0.142. The van der Waals surface area contributed by atoms with E-state index in [-0.39, 0.29) is 79.9 Å². The van der Waals surface area contributed by atoms with Gasteiger partial charge in [-0.1, -0.05) is 0 Å². The number of nitrogens with two attached hydrogens (primary N) is 7. The van der Waals surface area contributed by atoms with E-state index in [0.717, 1.165) is 64.7 Å². The van der Waals surface area contributed by atoms with Crippen molar-refractivity contribution in [1.29, 1.82) is 0 Å². The first-order valence-electron chi connectivity index (χ1n) is 28.8. The number of nitrogens with zero attached hydrogens (tertiary/aromatic N) is 4. The van der Waals surface area contributed by atoms with Crippen LogP contribution in [0.15, 0.2) is 0 Å². The van der Waals surface area contributed by atoms with Crippen molar-refractivity contribution in [2.45, 2.75) is 114 Å². The van der Waals surface area contributed by atoms with Crippen LogP contribution in [0.4, 0.5) is 0 Å². The van der Waals surface area contributed by atoms with Crippen molar-refractivity contribution in [3.8, 4) is 0 Å². The molecule has 0 bridgehead atoms. The predicted molar refractivity (Wildman–Crippen MR) is 324 cm³/mol. The Hall–Kier alpha value is -4.80. The zero-order valence-electron chi connectivity index (χ0n) is 51.3. The van der Waals surface area contributed by atoms with Gasteiger partial charge in [0.05, 0.1) is 37.3 Å². The zero-order valence-corrected chi connectivity index (χ0v) is 51.3. The van der Waals surface area contributed by atoms with Crippen molar-refractivity contribution >= 4 is 47.3 Å². The molecule has 25 N–H and O–H groups in total. The molecule has 5 atom stereocenters. The van der Waals surface area contributed by atoms with Crippen molar-refractivity contribution < 1.29 is 48.6 Å². The highest BCUT2D eigenvalue weighted by molar-refractivity contribution is 5.88. The van der Waals surface area contributed by atoms with Crippen LogP contribution in [0.3, 0.4) is 0 Å². The summed E-state index contributed by atoms with van der Waals surface area (Å²) in [6.07, 6.45) is 7.83. The lowest BCUT2D eigenvalue weighted by atomic mass is 10.1. The Kier molecular flexibility index (Phi) is 59.2. The number of hydrogen-bond acceptors (Lipinski definition) is 22. The molecule has 7 amide bonds. The van der Waals surface area contributed by atoms with Gasteiger partial charge < -0.3 is 118 Å². The summed E-state index contributed by atoms with van der Waals surface area (Å²) in [7, 11) is 13.4. The van der Waals surface area contributed by atoms with E-state index in [2.05, 4.69) is 47.9 Å². The molecule has 82 heavy (non-hydrogen) atoms. The SMILES string of the molecule is CN(C)C(=O)C(CCCNCCCN)NCCCN.CN(C)C(=O)CCC(N)C(=O)NCCNCCO.CN(C)C(=O)CCC(NC(=O)C(CCNCCN)NCCCN)C(=O)O.CN(C)C(=O)CNC(=O)[C@H](CCCN)NCCCN. The number of carbonyl (C=O) groups excluding carboxylic acids is 7. The van der Waals surface area contributed by atoms with Crippen LogP contribution in [-0.2, 0) is 38.4 Å². The molecule has 0 aromatic carbocycles. The number of rotatable bonds is 46. The summed E-state index contributed by atoms with van der Waals surface area (Å²) < 4.78 is 0. The predicted octanol–water partition coefficient (Wildman–Crippen LogP) is -7.11. The Morgan fingerprint density at radius 2 is 0.854 bits per heavy atom. The van der Waals surface area contributed by atoms with Crippen LogP contribution in [0.1, 0.15) is 83.5 Å². The molecule has 484 valence electrons. The summed E-state index contributed by atoms with van der Waals surface area (Å²) in [5.41, 5.74) is 38.3. The average molecular weight is 1180 g/mol. The highest BCUT2D eigenvalue weighted by Gasteiger charge is 2.26. The van der Waals surface area contributed by atoms with Gasteiger partial charge in [-0.3, -0.25) is 33.6 Å². The maximum atomic E-state index is 12.5. The second kappa shape index (κ2) is 58.0. The molecular formula is C52H116N20O10. The number of nitrogens with one attached hydrogen (secondary N) is 9. The van der Waals surface area contributed by atoms with E-state index in [4.69, 9.17) is 45.2 Å². The third kappa shape index (κ3) is 50.9. The Morgan fingerprint density at radius 1 is 0.402 bits per heavy atom. The van der Waals surface area contributed by atoms with Crippen molar-refractivity contribution in [2.24, 2.45) is 40.1 Å². The van der Waals surface area contributed by atoms with E-state index in [1.165, 1.54) is 14.7 Å². The van der Waals surface area contributed by atoms with Crippen molar-refractivity contribution in [1.82, 2.24) is 67.5 Å². The molecule has 0 radical (unpaired) electrons. The summed E-state index contributed by atoms with van der Waals surface area (Å²) >= 11 is 0. The fraction of sp³-hybridized carbons (Fsp3) is 0.846. The number of amides is 7. The lowest BCUT2D eigenvalue weighted by Crippen LogP contribution is -2.51. The Labute approximate surface area is 490 Å². The van der Waals surface area contributed by atoms with Crippen molar-refractivity contribution in [3.63, 3.8) is 0 Å². The maximum absolute atomic E-state index is 12.5. The molecule has 0 saturated carbocycles. The lowest BCUT2D eigenvalue weighted by Gasteiger charge is -2.22. The van der Waals surface area contributed by atoms with Crippen LogP contribution in [0.2, 0.25) is 0 Å². The number of carboxylic acids is 1. The topological polar surface area (TPSA) is 480 Å². The van der Waals surface area contributed by atoms with Gasteiger partial charge in [0.2, 0.25) is 41.4 Å². The van der Waals surface area contributed by atoms with Gasteiger partial charge in [-0.15, -0.1) is 0 Å². The summed E-state index contributed by atoms with van der Waals surface area (Å²) in [5.74, 6) is -2.20. The molecule has 0 heterocycles. The zero-order chi connectivity index (χ0) is 63.1. The van der Waals surface area contributed by atoms with E-state index in [0.29, 0.717) is 104 Å². The second-order valence-corrected chi connectivity index (χ2v) is 19.9. The number of aliphatic hydroxyl groups is 1. The van der Waals surface area contributed by atoms with Gasteiger partial charge in [0.25, 0.3) is 0 Å². The minimum absolute atomic E-state index is 0.0174. The molecule has 0 aliphatic rings. The highest BCUT2D eigenvalue weighted by atomic mass is 16.4. The molecule has 0 aliphatic heterocycles. The highest BCUT2D eigenvalue weighted by Crippen LogP contribution is 2.04. The normalized spacial score (nSPS) is 12.4. The van der Waals surface area contributed by atoms with Crippen molar-refractivity contribution in [2.75, 3.05) is 174 Å². The standard InChI is InChI=1S/C16H34N6O4.C13H31N5O.C12H27N5O2.C11H24N4O3/c1-22(2)14(23)5-4-13(16(25)26)21-15(24)12(20-9-3-7-17)6-10-19-11-8-18;1-18(2)13(19)12(17-11-5-8-15)6-3-9-16-10-4-7-14;1-17(2)11(18)9-16-12(19)10(5-3-6-13)15-8-4-7-14;1-15(2)10(17)4-3-9(12)11(18)14-6-5-13-7-8-16/h12-13,19-20H,3-11,17-18H2,1-2H3,(H,21,24)(H,25,26);12,16-17H,3-11,14-15H2,1-2H3;10,15H,3-9,13-14H2,1-2H3,(H,16,19);9,13,16H,3-8,12H2,1-2H3,(H,14,18)/t;;10-;/m..0./s1. The largest absolute Gasteiger partial charge is 0.480 e. The smallest absolute Gasteiger partial charge is 0.326 e. The summed E-state index contributed by atoms with van der Waals surface area (Å²) in [6.45, 7) is 10.2. The molecule has 30 nitrogen and oxygen atoms in total. The van der Waals surface area contributed by atoms with Crippen LogP contribution in [0.5, 0.6) is 0 Å². The maximum Gasteiger partial charge on any atom is 0.326 e. The van der Waals surface area contributed by atoms with E-state index in [9.17, 15) is 43.5 Å². The molecule has 30 heteroatoms. The summed E-state index contributed by atoms with van der Waals surface area (Å²) in [5, 5.41) is 44.5. The van der Waals surface area contributed by atoms with E-state index >= 15 is 0 Å². The van der Waals surface area contributed by atoms with E-state index < -0.39 is 30.0 Å². The van der Waals surface area contributed by atoms with Crippen LogP contribution >= 0.6 is 0 Å². The fourth-order valence-electron chi connectivity index (χ4n) is 6.70. The van der Waals surface area contributed by atoms with Crippen LogP contribution in [-0.4, -0.2) is 282 Å². The molecule has 0 aliphatic carbocycles. The molecular weight excluding hydrogens is 1060 g/mol. The number of aliphatic hydroxyl groups excluding tert-OH is 1.